The molecule has 1 amide bonds. The molecule has 1 aromatic carbocycles. The van der Waals surface area contributed by atoms with Crippen molar-refractivity contribution in [1.29, 1.82) is 0 Å². The van der Waals surface area contributed by atoms with Gasteiger partial charge in [0.1, 0.15) is 9.88 Å². The minimum atomic E-state index is 0.0235. The van der Waals surface area contributed by atoms with Gasteiger partial charge in [-0.05, 0) is 30.9 Å². The Balaban J connectivity index is 1.85. The van der Waals surface area contributed by atoms with Gasteiger partial charge in [-0.15, -0.1) is 22.7 Å². The van der Waals surface area contributed by atoms with Gasteiger partial charge in [-0.2, -0.15) is 0 Å². The molecule has 0 N–H and O–H groups in total. The van der Waals surface area contributed by atoms with Crippen molar-refractivity contribution < 1.29 is 4.79 Å². The molecule has 0 fully saturated rings. The summed E-state index contributed by atoms with van der Waals surface area (Å²) in [6.45, 7) is 3.95. The Bertz CT molecular complexity index is 794. The van der Waals surface area contributed by atoms with Crippen LogP contribution in [0.5, 0.6) is 0 Å². The molecule has 0 radical (unpaired) electrons. The van der Waals surface area contributed by atoms with Crippen LogP contribution in [0.4, 0.5) is 0 Å². The lowest BCUT2D eigenvalue weighted by Crippen LogP contribution is -2.29. The van der Waals surface area contributed by atoms with Crippen LogP contribution in [0.1, 0.15) is 33.9 Å². The van der Waals surface area contributed by atoms with Gasteiger partial charge < -0.3 is 4.90 Å². The molecule has 3 aromatic rings. The molecule has 0 saturated carbocycles. The average molecular weight is 342 g/mol. The minimum absolute atomic E-state index is 0.0235. The van der Waals surface area contributed by atoms with Gasteiger partial charge in [-0.1, -0.05) is 36.4 Å². The van der Waals surface area contributed by atoms with Crippen LogP contribution < -0.4 is 0 Å². The predicted molar refractivity (Wildman–Crippen MR) is 97.1 cm³/mol. The highest BCUT2D eigenvalue weighted by atomic mass is 32.1. The molecule has 2 aromatic heterocycles. The van der Waals surface area contributed by atoms with Crippen molar-refractivity contribution in [3.05, 3.63) is 64.0 Å². The molecule has 1 atom stereocenters. The van der Waals surface area contributed by atoms with Crippen molar-refractivity contribution in [1.82, 2.24) is 9.88 Å². The van der Waals surface area contributed by atoms with E-state index in [9.17, 15) is 4.79 Å². The monoisotopic (exact) mass is 342 g/mol. The molecule has 3 nitrogen and oxygen atoms in total. The second kappa shape index (κ2) is 6.64. The van der Waals surface area contributed by atoms with Crippen LogP contribution in [-0.2, 0) is 0 Å². The lowest BCUT2D eigenvalue weighted by molar-refractivity contribution is 0.0746. The summed E-state index contributed by atoms with van der Waals surface area (Å²) in [6.07, 6.45) is 0. The van der Waals surface area contributed by atoms with Gasteiger partial charge >= 0.3 is 0 Å². The van der Waals surface area contributed by atoms with Crippen molar-refractivity contribution >= 4 is 28.6 Å². The van der Waals surface area contributed by atoms with E-state index < -0.39 is 0 Å². The third kappa shape index (κ3) is 3.21. The van der Waals surface area contributed by atoms with E-state index in [1.165, 1.54) is 11.3 Å². The number of carbonyl (C=O) groups excluding carboxylic acids is 1. The predicted octanol–water partition coefficient (Wildman–Crippen LogP) is 5.01. The second-order valence-electron chi connectivity index (χ2n) is 5.41. The minimum Gasteiger partial charge on any atom is -0.334 e. The van der Waals surface area contributed by atoms with Crippen molar-refractivity contribution in [2.24, 2.45) is 0 Å². The van der Waals surface area contributed by atoms with E-state index in [0.717, 1.165) is 26.0 Å². The highest BCUT2D eigenvalue weighted by Gasteiger charge is 2.23. The molecule has 3 rings (SSSR count). The smallest absolute Gasteiger partial charge is 0.266 e. The molecule has 0 aliphatic carbocycles. The summed E-state index contributed by atoms with van der Waals surface area (Å²) in [6, 6.07) is 14.1. The van der Waals surface area contributed by atoms with Crippen LogP contribution in [0.3, 0.4) is 0 Å². The molecule has 5 heteroatoms. The SMILES string of the molecule is Cc1nc(-c2cccs2)sc1C(=O)N(C)[C@@H](C)c1ccccc1. The Morgan fingerprint density at radius 1 is 1.17 bits per heavy atom. The molecule has 2 heterocycles. The normalized spacial score (nSPS) is 12.1. The van der Waals surface area contributed by atoms with Crippen molar-refractivity contribution in [3.63, 3.8) is 0 Å². The number of aromatic nitrogens is 1. The zero-order valence-corrected chi connectivity index (χ0v) is 14.9. The number of amides is 1. The molecule has 0 bridgehead atoms. The maximum Gasteiger partial charge on any atom is 0.266 e. The molecule has 0 spiro atoms. The first-order valence-corrected chi connectivity index (χ1v) is 9.11. The van der Waals surface area contributed by atoms with Crippen LogP contribution in [-0.4, -0.2) is 22.8 Å². The Kier molecular flexibility index (Phi) is 4.59. The first kappa shape index (κ1) is 15.9. The quantitative estimate of drug-likeness (QED) is 0.667. The number of nitrogens with zero attached hydrogens (tertiary/aromatic N) is 2. The van der Waals surface area contributed by atoms with Crippen molar-refractivity contribution in [3.8, 4) is 9.88 Å². The van der Waals surface area contributed by atoms with Crippen LogP contribution in [0, 0.1) is 6.92 Å². The van der Waals surface area contributed by atoms with Crippen LogP contribution >= 0.6 is 22.7 Å². The third-order valence-electron chi connectivity index (χ3n) is 3.91. The Morgan fingerprint density at radius 3 is 2.57 bits per heavy atom. The van der Waals surface area contributed by atoms with Crippen molar-refractivity contribution in [2.45, 2.75) is 19.9 Å². The van der Waals surface area contributed by atoms with Crippen LogP contribution in [0.2, 0.25) is 0 Å². The number of benzene rings is 1. The summed E-state index contributed by atoms with van der Waals surface area (Å²) in [4.78, 5) is 21.0. The fourth-order valence-electron chi connectivity index (χ4n) is 2.39. The average Bonchev–Trinajstić information content (AvgIpc) is 3.23. The molecule has 23 heavy (non-hydrogen) atoms. The van der Waals surface area contributed by atoms with E-state index in [4.69, 9.17) is 0 Å². The molecular weight excluding hydrogens is 324 g/mol. The summed E-state index contributed by atoms with van der Waals surface area (Å²) in [5.41, 5.74) is 1.93. The number of rotatable bonds is 4. The molecule has 0 unspecified atom stereocenters. The largest absolute Gasteiger partial charge is 0.334 e. The van der Waals surface area contributed by atoms with Gasteiger partial charge in [-0.3, -0.25) is 4.79 Å². The number of thiazole rings is 1. The Hall–Kier alpha value is -1.98. The lowest BCUT2D eigenvalue weighted by atomic mass is 10.1. The molecule has 0 aliphatic heterocycles. The van der Waals surface area contributed by atoms with Crippen LogP contribution in [0.15, 0.2) is 47.8 Å². The fourth-order valence-corrected chi connectivity index (χ4v) is 4.24. The maximum absolute atomic E-state index is 12.9. The molecular formula is C18H18N2OS2. The van der Waals surface area contributed by atoms with Crippen molar-refractivity contribution in [2.75, 3.05) is 7.05 Å². The summed E-state index contributed by atoms with van der Waals surface area (Å²) in [7, 11) is 1.85. The van der Waals surface area contributed by atoms with Gasteiger partial charge in [0.15, 0.2) is 0 Å². The van der Waals surface area contributed by atoms with E-state index in [0.29, 0.717) is 0 Å². The molecule has 0 aliphatic rings. The second-order valence-corrected chi connectivity index (χ2v) is 7.36. The summed E-state index contributed by atoms with van der Waals surface area (Å²) in [5.74, 6) is 0.0270. The maximum atomic E-state index is 12.9. The fraction of sp³-hybridized carbons (Fsp3) is 0.222. The third-order valence-corrected chi connectivity index (χ3v) is 6.09. The molecule has 0 saturated heterocycles. The highest BCUT2D eigenvalue weighted by Crippen LogP contribution is 2.32. The topological polar surface area (TPSA) is 33.2 Å². The summed E-state index contributed by atoms with van der Waals surface area (Å²) in [5, 5.41) is 2.94. The highest BCUT2D eigenvalue weighted by molar-refractivity contribution is 7.22. The Labute approximate surface area is 144 Å². The zero-order chi connectivity index (χ0) is 16.4. The van der Waals surface area contributed by atoms with Gasteiger partial charge in [0, 0.05) is 7.05 Å². The zero-order valence-electron chi connectivity index (χ0n) is 13.3. The first-order valence-electron chi connectivity index (χ1n) is 7.41. The van der Waals surface area contributed by atoms with Gasteiger partial charge in [0.25, 0.3) is 5.91 Å². The van der Waals surface area contributed by atoms with Gasteiger partial charge in [0.05, 0.1) is 16.6 Å². The van der Waals surface area contributed by atoms with Gasteiger partial charge in [0.2, 0.25) is 0 Å². The van der Waals surface area contributed by atoms with Crippen LogP contribution in [0.25, 0.3) is 9.88 Å². The number of thiophene rings is 1. The number of carbonyl (C=O) groups is 1. The Morgan fingerprint density at radius 2 is 1.91 bits per heavy atom. The first-order chi connectivity index (χ1) is 11.1. The molecule has 118 valence electrons. The van der Waals surface area contributed by atoms with E-state index in [1.54, 1.807) is 16.2 Å². The van der Waals surface area contributed by atoms with E-state index in [-0.39, 0.29) is 11.9 Å². The van der Waals surface area contributed by atoms with E-state index >= 15 is 0 Å². The standard InChI is InChI=1S/C18H18N2OS2/c1-12-16(23-17(19-12)15-10-7-11-22-15)18(21)20(3)13(2)14-8-5-4-6-9-14/h4-11,13H,1-3H3/t13-/m0/s1. The van der Waals surface area contributed by atoms with Gasteiger partial charge in [-0.25, -0.2) is 4.98 Å². The summed E-state index contributed by atoms with van der Waals surface area (Å²) < 4.78 is 0. The summed E-state index contributed by atoms with van der Waals surface area (Å²) >= 11 is 3.12. The lowest BCUT2D eigenvalue weighted by Gasteiger charge is -2.25. The van der Waals surface area contributed by atoms with E-state index in [2.05, 4.69) is 4.98 Å². The van der Waals surface area contributed by atoms with E-state index in [1.807, 2.05) is 68.7 Å². The number of hydrogen-bond acceptors (Lipinski definition) is 4. The number of aryl methyl sites for hydroxylation is 1. The number of hydrogen-bond donors (Lipinski definition) is 0.